The summed E-state index contributed by atoms with van der Waals surface area (Å²) in [5.41, 5.74) is 0.548. The molecule has 1 atom stereocenters. The molecule has 0 aliphatic carbocycles. The Balaban J connectivity index is 1.76. The lowest BCUT2D eigenvalue weighted by atomic mass is 10.1. The topological polar surface area (TPSA) is 63.4 Å². The first-order valence-corrected chi connectivity index (χ1v) is 9.44. The Morgan fingerprint density at radius 1 is 1.21 bits per heavy atom. The van der Waals surface area contributed by atoms with Gasteiger partial charge in [0.1, 0.15) is 5.69 Å². The van der Waals surface area contributed by atoms with E-state index in [4.69, 9.17) is 0 Å². The number of carbonyl (C=O) groups is 1. The minimum Gasteiger partial charge on any atom is -0.330 e. The molecule has 4 heterocycles. The van der Waals surface area contributed by atoms with Gasteiger partial charge in [-0.1, -0.05) is 13.8 Å². The van der Waals surface area contributed by atoms with Gasteiger partial charge in [0.2, 0.25) is 0 Å². The van der Waals surface area contributed by atoms with Crippen LogP contribution in [0.1, 0.15) is 66.1 Å². The maximum absolute atomic E-state index is 13.6. The molecule has 0 spiro atoms. The van der Waals surface area contributed by atoms with Gasteiger partial charge in [0.05, 0.1) is 11.7 Å². The predicted octanol–water partition coefficient (Wildman–Crippen LogP) is 4.24. The summed E-state index contributed by atoms with van der Waals surface area (Å²) < 4.78 is 41.7. The Bertz CT molecular complexity index is 1050. The fraction of sp³-hybridized carbons (Fsp3) is 0.400. The van der Waals surface area contributed by atoms with Crippen molar-refractivity contribution in [2.45, 2.75) is 44.8 Å². The molecule has 29 heavy (non-hydrogen) atoms. The molecule has 1 aliphatic heterocycles. The molecule has 3 aromatic heterocycles. The SMILES string of the molecule is CC(C)c1cc(C(F)(F)F)n2nc([C@H]3CCCN3C(=O)c3ccncc3)cc2n1. The molecule has 0 bridgehead atoms. The molecule has 1 aliphatic rings. The van der Waals surface area contributed by atoms with E-state index in [2.05, 4.69) is 15.1 Å². The highest BCUT2D eigenvalue weighted by molar-refractivity contribution is 5.94. The minimum atomic E-state index is -4.56. The van der Waals surface area contributed by atoms with Gasteiger partial charge >= 0.3 is 6.18 Å². The van der Waals surface area contributed by atoms with Crippen LogP contribution in [0.15, 0.2) is 36.7 Å². The normalized spacial score (nSPS) is 17.4. The van der Waals surface area contributed by atoms with Crippen LogP contribution in [0.5, 0.6) is 0 Å². The van der Waals surface area contributed by atoms with Crippen LogP contribution in [-0.4, -0.2) is 36.9 Å². The Kier molecular flexibility index (Phi) is 4.76. The summed E-state index contributed by atoms with van der Waals surface area (Å²) in [5, 5.41) is 4.22. The van der Waals surface area contributed by atoms with Gasteiger partial charge in [0.25, 0.3) is 5.91 Å². The number of halogens is 3. The monoisotopic (exact) mass is 403 g/mol. The van der Waals surface area contributed by atoms with Crippen molar-refractivity contribution in [3.05, 3.63) is 59.3 Å². The molecule has 6 nitrogen and oxygen atoms in total. The Labute approximate surface area is 165 Å². The van der Waals surface area contributed by atoms with Gasteiger partial charge in [-0.3, -0.25) is 9.78 Å². The summed E-state index contributed by atoms with van der Waals surface area (Å²) in [4.78, 5) is 22.8. The summed E-state index contributed by atoms with van der Waals surface area (Å²) in [5.74, 6) is -0.338. The second-order valence-corrected chi connectivity index (χ2v) is 7.45. The van der Waals surface area contributed by atoms with Gasteiger partial charge in [-0.05, 0) is 37.0 Å². The van der Waals surface area contributed by atoms with Crippen molar-refractivity contribution in [3.8, 4) is 0 Å². The second kappa shape index (κ2) is 7.13. The van der Waals surface area contributed by atoms with Crippen molar-refractivity contribution in [2.75, 3.05) is 6.54 Å². The second-order valence-electron chi connectivity index (χ2n) is 7.45. The third-order valence-electron chi connectivity index (χ3n) is 5.13. The number of alkyl halides is 3. The maximum atomic E-state index is 13.6. The zero-order valence-corrected chi connectivity index (χ0v) is 16.0. The molecule has 1 saturated heterocycles. The van der Waals surface area contributed by atoms with Gasteiger partial charge in [-0.25, -0.2) is 9.50 Å². The summed E-state index contributed by atoms with van der Waals surface area (Å²) in [6.07, 6.45) is -0.0893. The van der Waals surface area contributed by atoms with E-state index in [1.807, 2.05) is 0 Å². The fourth-order valence-electron chi connectivity index (χ4n) is 3.65. The lowest BCUT2D eigenvalue weighted by Gasteiger charge is -2.23. The van der Waals surface area contributed by atoms with E-state index < -0.39 is 11.9 Å². The standard InChI is InChI=1S/C20H20F3N5O/c1-12(2)14-10-17(20(21,22)23)28-18(25-14)11-15(26-28)16-4-3-9-27(16)19(29)13-5-7-24-8-6-13/h5-8,10-12,16H,3-4,9H2,1-2H3/t16-/m1/s1. The van der Waals surface area contributed by atoms with Crippen LogP contribution in [-0.2, 0) is 6.18 Å². The molecule has 3 aromatic rings. The number of rotatable bonds is 3. The molecule has 1 fully saturated rings. The van der Waals surface area contributed by atoms with Crippen molar-refractivity contribution < 1.29 is 18.0 Å². The quantitative estimate of drug-likeness (QED) is 0.656. The summed E-state index contributed by atoms with van der Waals surface area (Å²) in [6.45, 7) is 4.11. The van der Waals surface area contributed by atoms with E-state index in [1.165, 1.54) is 12.4 Å². The van der Waals surface area contributed by atoms with E-state index in [1.54, 1.807) is 36.9 Å². The van der Waals surface area contributed by atoms with Crippen molar-refractivity contribution in [1.82, 2.24) is 24.5 Å². The third-order valence-corrected chi connectivity index (χ3v) is 5.13. The van der Waals surface area contributed by atoms with Crippen molar-refractivity contribution >= 4 is 11.6 Å². The number of carbonyl (C=O) groups excluding carboxylic acids is 1. The zero-order valence-electron chi connectivity index (χ0n) is 16.0. The first kappa shape index (κ1) is 19.4. The van der Waals surface area contributed by atoms with E-state index >= 15 is 0 Å². The van der Waals surface area contributed by atoms with Crippen molar-refractivity contribution in [3.63, 3.8) is 0 Å². The van der Waals surface area contributed by atoms with Crippen LogP contribution in [0.4, 0.5) is 13.2 Å². The molecule has 1 amide bonds. The highest BCUT2D eigenvalue weighted by atomic mass is 19.4. The van der Waals surface area contributed by atoms with Gasteiger partial charge in [-0.15, -0.1) is 0 Å². The van der Waals surface area contributed by atoms with Crippen molar-refractivity contribution in [2.24, 2.45) is 0 Å². The number of amides is 1. The number of aromatic nitrogens is 4. The van der Waals surface area contributed by atoms with Gasteiger partial charge in [0, 0.05) is 36.3 Å². The fourth-order valence-corrected chi connectivity index (χ4v) is 3.65. The lowest BCUT2D eigenvalue weighted by Crippen LogP contribution is -2.30. The van der Waals surface area contributed by atoms with Gasteiger partial charge in [0.15, 0.2) is 5.65 Å². The predicted molar refractivity (Wildman–Crippen MR) is 99.3 cm³/mol. The van der Waals surface area contributed by atoms with Crippen LogP contribution in [0.2, 0.25) is 0 Å². The Hall–Kier alpha value is -2.97. The van der Waals surface area contributed by atoms with Crippen LogP contribution in [0, 0.1) is 0 Å². The van der Waals surface area contributed by atoms with Crippen LogP contribution < -0.4 is 0 Å². The summed E-state index contributed by atoms with van der Waals surface area (Å²) in [7, 11) is 0. The third kappa shape index (κ3) is 3.56. The van der Waals surface area contributed by atoms with Gasteiger partial charge in [-0.2, -0.15) is 18.3 Å². The van der Waals surface area contributed by atoms with E-state index in [0.29, 0.717) is 29.9 Å². The lowest BCUT2D eigenvalue weighted by molar-refractivity contribution is -0.142. The average molecular weight is 403 g/mol. The van der Waals surface area contributed by atoms with E-state index in [9.17, 15) is 18.0 Å². The smallest absolute Gasteiger partial charge is 0.330 e. The van der Waals surface area contributed by atoms with Crippen LogP contribution in [0.25, 0.3) is 5.65 Å². The molecule has 0 unspecified atom stereocenters. The van der Waals surface area contributed by atoms with Gasteiger partial charge < -0.3 is 4.90 Å². The highest BCUT2D eigenvalue weighted by Gasteiger charge is 2.37. The molecule has 0 aromatic carbocycles. The largest absolute Gasteiger partial charge is 0.433 e. The van der Waals surface area contributed by atoms with Crippen molar-refractivity contribution in [1.29, 1.82) is 0 Å². The Morgan fingerprint density at radius 2 is 1.93 bits per heavy atom. The first-order valence-electron chi connectivity index (χ1n) is 9.44. The molecule has 0 N–H and O–H groups in total. The number of hydrogen-bond acceptors (Lipinski definition) is 4. The molecular formula is C20H20F3N5O. The molecule has 152 valence electrons. The summed E-state index contributed by atoms with van der Waals surface area (Å²) >= 11 is 0. The van der Waals surface area contributed by atoms with Crippen LogP contribution in [0.3, 0.4) is 0 Å². The maximum Gasteiger partial charge on any atom is 0.433 e. The van der Waals surface area contributed by atoms with E-state index in [-0.39, 0.29) is 23.5 Å². The molecule has 4 rings (SSSR count). The molecular weight excluding hydrogens is 383 g/mol. The number of pyridine rings is 1. The summed E-state index contributed by atoms with van der Waals surface area (Å²) in [6, 6.07) is 5.47. The molecule has 0 saturated carbocycles. The number of hydrogen-bond donors (Lipinski definition) is 0. The average Bonchev–Trinajstić information content (AvgIpc) is 3.32. The number of fused-ring (bicyclic) bond motifs is 1. The first-order chi connectivity index (χ1) is 13.8. The highest BCUT2D eigenvalue weighted by Crippen LogP contribution is 2.35. The molecule has 0 radical (unpaired) electrons. The van der Waals surface area contributed by atoms with Crippen LogP contribution >= 0.6 is 0 Å². The number of nitrogens with zero attached hydrogens (tertiary/aromatic N) is 5. The Morgan fingerprint density at radius 3 is 2.59 bits per heavy atom. The minimum absolute atomic E-state index is 0.140. The molecule has 9 heteroatoms. The van der Waals surface area contributed by atoms with E-state index in [0.717, 1.165) is 17.0 Å². The zero-order chi connectivity index (χ0) is 20.8. The number of likely N-dealkylation sites (tertiary alicyclic amines) is 1.